The highest BCUT2D eigenvalue weighted by Gasteiger charge is 2.24. The van der Waals surface area contributed by atoms with Crippen LogP contribution >= 0.6 is 0 Å². The van der Waals surface area contributed by atoms with Crippen molar-refractivity contribution in [2.75, 3.05) is 32.7 Å². The number of rotatable bonds is 7. The molecule has 5 heteroatoms. The Bertz CT molecular complexity index is 766. The second kappa shape index (κ2) is 10.6. The van der Waals surface area contributed by atoms with Crippen LogP contribution in [0.2, 0.25) is 0 Å². The molecule has 1 aliphatic heterocycles. The van der Waals surface area contributed by atoms with Crippen LogP contribution in [0.5, 0.6) is 0 Å². The molecule has 2 aromatic carbocycles. The summed E-state index contributed by atoms with van der Waals surface area (Å²) in [6, 6.07) is 21.0. The van der Waals surface area contributed by atoms with Crippen LogP contribution < -0.4 is 5.32 Å². The maximum atomic E-state index is 12.4. The quantitative estimate of drug-likeness (QED) is 0.752. The van der Waals surface area contributed by atoms with E-state index in [2.05, 4.69) is 57.6 Å². The summed E-state index contributed by atoms with van der Waals surface area (Å²) >= 11 is 0. The molecule has 2 aromatic rings. The van der Waals surface area contributed by atoms with E-state index >= 15 is 0 Å². The second-order valence-corrected chi connectivity index (χ2v) is 9.10. The van der Waals surface area contributed by atoms with Gasteiger partial charge in [0.25, 0.3) is 0 Å². The Kier molecular flexibility index (Phi) is 7.88. The topological polar surface area (TPSA) is 44.8 Å². The van der Waals surface area contributed by atoms with Crippen molar-refractivity contribution in [2.45, 2.75) is 45.4 Å². The summed E-state index contributed by atoms with van der Waals surface area (Å²) in [6.07, 6.45) is 0.454. The first-order chi connectivity index (χ1) is 14.4. The number of hydrogen-bond donors (Lipinski definition) is 1. The Hall–Kier alpha value is -2.37. The fourth-order valence-corrected chi connectivity index (χ4v) is 3.82. The maximum absolute atomic E-state index is 12.4. The molecule has 1 aliphatic rings. The van der Waals surface area contributed by atoms with E-state index in [9.17, 15) is 4.79 Å². The van der Waals surface area contributed by atoms with Crippen molar-refractivity contribution < 1.29 is 9.53 Å². The van der Waals surface area contributed by atoms with Crippen molar-refractivity contribution in [1.82, 2.24) is 15.1 Å². The fraction of sp³-hybridized carbons (Fsp3) is 0.480. The summed E-state index contributed by atoms with van der Waals surface area (Å²) in [6.45, 7) is 11.6. The first-order valence-electron chi connectivity index (χ1n) is 10.9. The van der Waals surface area contributed by atoms with Crippen LogP contribution in [0, 0.1) is 0 Å². The van der Waals surface area contributed by atoms with E-state index in [-0.39, 0.29) is 12.1 Å². The van der Waals surface area contributed by atoms with E-state index in [0.717, 1.165) is 45.7 Å². The predicted octanol–water partition coefficient (Wildman–Crippen LogP) is 3.94. The Morgan fingerprint density at radius 3 is 2.00 bits per heavy atom. The first kappa shape index (κ1) is 22.3. The van der Waals surface area contributed by atoms with E-state index in [1.807, 2.05) is 39.0 Å². The number of benzene rings is 2. The Morgan fingerprint density at radius 1 is 0.900 bits per heavy atom. The monoisotopic (exact) mass is 409 g/mol. The SMILES string of the molecule is CC(C)(C)OC(=O)N[C@H](Cc1ccccc1)CN1CCN(Cc2ccccc2)CC1. The maximum Gasteiger partial charge on any atom is 0.407 e. The lowest BCUT2D eigenvalue weighted by molar-refractivity contribution is 0.0478. The van der Waals surface area contributed by atoms with Crippen molar-refractivity contribution in [2.24, 2.45) is 0 Å². The van der Waals surface area contributed by atoms with E-state index in [1.54, 1.807) is 0 Å². The van der Waals surface area contributed by atoms with Crippen LogP contribution in [0.25, 0.3) is 0 Å². The second-order valence-electron chi connectivity index (χ2n) is 9.10. The summed E-state index contributed by atoms with van der Waals surface area (Å²) in [5.41, 5.74) is 2.09. The van der Waals surface area contributed by atoms with E-state index in [4.69, 9.17) is 4.74 Å². The normalized spacial score (nSPS) is 16.8. The minimum atomic E-state index is -0.496. The fourth-order valence-electron chi connectivity index (χ4n) is 3.82. The van der Waals surface area contributed by atoms with Crippen molar-refractivity contribution in [3.63, 3.8) is 0 Å². The van der Waals surface area contributed by atoms with Crippen molar-refractivity contribution in [1.29, 1.82) is 0 Å². The van der Waals surface area contributed by atoms with Gasteiger partial charge in [-0.15, -0.1) is 0 Å². The third-order valence-corrected chi connectivity index (χ3v) is 5.24. The number of piperazine rings is 1. The molecular weight excluding hydrogens is 374 g/mol. The molecule has 1 N–H and O–H groups in total. The summed E-state index contributed by atoms with van der Waals surface area (Å²) in [5.74, 6) is 0. The zero-order valence-electron chi connectivity index (χ0n) is 18.5. The number of hydrogen-bond acceptors (Lipinski definition) is 4. The minimum Gasteiger partial charge on any atom is -0.444 e. The van der Waals surface area contributed by atoms with Gasteiger partial charge in [0.2, 0.25) is 0 Å². The molecule has 0 unspecified atom stereocenters. The van der Waals surface area contributed by atoms with Gasteiger partial charge in [-0.05, 0) is 38.3 Å². The number of ether oxygens (including phenoxy) is 1. The van der Waals surface area contributed by atoms with Crippen LogP contribution in [0.15, 0.2) is 60.7 Å². The third-order valence-electron chi connectivity index (χ3n) is 5.24. The molecule has 1 saturated heterocycles. The average molecular weight is 410 g/mol. The summed E-state index contributed by atoms with van der Waals surface area (Å²) in [7, 11) is 0. The van der Waals surface area contributed by atoms with Gasteiger partial charge in [0.15, 0.2) is 0 Å². The van der Waals surface area contributed by atoms with Crippen LogP contribution in [0.1, 0.15) is 31.9 Å². The lowest BCUT2D eigenvalue weighted by atomic mass is 10.1. The summed E-state index contributed by atoms with van der Waals surface area (Å²) in [4.78, 5) is 17.3. The van der Waals surface area contributed by atoms with Crippen LogP contribution in [0.4, 0.5) is 4.79 Å². The Labute approximate surface area is 181 Å². The molecule has 1 atom stereocenters. The number of nitrogens with zero attached hydrogens (tertiary/aromatic N) is 2. The molecule has 1 amide bonds. The van der Waals surface area contributed by atoms with Crippen molar-refractivity contribution in [3.8, 4) is 0 Å². The molecule has 30 heavy (non-hydrogen) atoms. The predicted molar refractivity (Wildman–Crippen MR) is 121 cm³/mol. The van der Waals surface area contributed by atoms with Gasteiger partial charge in [0.05, 0.1) is 0 Å². The standard InChI is InChI=1S/C25H35N3O2/c1-25(2,3)30-24(29)26-23(18-21-10-6-4-7-11-21)20-28-16-14-27(15-17-28)19-22-12-8-5-9-13-22/h4-13,23H,14-20H2,1-3H3,(H,26,29)/t23-/m1/s1. The third kappa shape index (κ3) is 7.81. The van der Waals surface area contributed by atoms with Gasteiger partial charge >= 0.3 is 6.09 Å². The molecule has 1 fully saturated rings. The molecule has 3 rings (SSSR count). The van der Waals surface area contributed by atoms with E-state index in [0.29, 0.717) is 0 Å². The number of alkyl carbamates (subject to hydrolysis) is 1. The minimum absolute atomic E-state index is 0.0166. The summed E-state index contributed by atoms with van der Waals surface area (Å²) in [5, 5.41) is 3.10. The zero-order valence-corrected chi connectivity index (χ0v) is 18.5. The zero-order chi connectivity index (χ0) is 21.4. The van der Waals surface area contributed by atoms with Gasteiger partial charge in [-0.2, -0.15) is 0 Å². The molecular formula is C25H35N3O2. The van der Waals surface area contributed by atoms with Gasteiger partial charge in [0, 0.05) is 45.3 Å². The average Bonchev–Trinajstić information content (AvgIpc) is 2.69. The van der Waals surface area contributed by atoms with E-state index in [1.165, 1.54) is 11.1 Å². The molecule has 0 bridgehead atoms. The molecule has 0 radical (unpaired) electrons. The van der Waals surface area contributed by atoms with Gasteiger partial charge < -0.3 is 10.1 Å². The summed E-state index contributed by atoms with van der Waals surface area (Å²) < 4.78 is 5.50. The molecule has 0 saturated carbocycles. The molecule has 0 spiro atoms. The largest absolute Gasteiger partial charge is 0.444 e. The molecule has 1 heterocycles. The number of carbonyl (C=O) groups is 1. The Balaban J connectivity index is 1.54. The van der Waals surface area contributed by atoms with Gasteiger partial charge in [-0.25, -0.2) is 4.79 Å². The van der Waals surface area contributed by atoms with Crippen LogP contribution in [-0.2, 0) is 17.7 Å². The number of carbonyl (C=O) groups excluding carboxylic acids is 1. The first-order valence-corrected chi connectivity index (χ1v) is 10.9. The highest BCUT2D eigenvalue weighted by atomic mass is 16.6. The molecule has 162 valence electrons. The number of nitrogens with one attached hydrogen (secondary N) is 1. The van der Waals surface area contributed by atoms with Crippen LogP contribution in [0.3, 0.4) is 0 Å². The van der Waals surface area contributed by atoms with Gasteiger partial charge in [0.1, 0.15) is 5.60 Å². The molecule has 0 aliphatic carbocycles. The van der Waals surface area contributed by atoms with Gasteiger partial charge in [-0.1, -0.05) is 60.7 Å². The molecule has 0 aromatic heterocycles. The lowest BCUT2D eigenvalue weighted by Crippen LogP contribution is -2.52. The highest BCUT2D eigenvalue weighted by molar-refractivity contribution is 5.68. The van der Waals surface area contributed by atoms with E-state index < -0.39 is 5.60 Å². The lowest BCUT2D eigenvalue weighted by Gasteiger charge is -2.36. The smallest absolute Gasteiger partial charge is 0.407 e. The van der Waals surface area contributed by atoms with Gasteiger partial charge in [-0.3, -0.25) is 9.80 Å². The molecule has 5 nitrogen and oxygen atoms in total. The Morgan fingerprint density at radius 2 is 1.43 bits per heavy atom. The highest BCUT2D eigenvalue weighted by Crippen LogP contribution is 2.12. The van der Waals surface area contributed by atoms with Crippen molar-refractivity contribution >= 4 is 6.09 Å². The van der Waals surface area contributed by atoms with Crippen LogP contribution in [-0.4, -0.2) is 60.3 Å². The number of amides is 1. The van der Waals surface area contributed by atoms with Crippen molar-refractivity contribution in [3.05, 3.63) is 71.8 Å².